The SMILES string of the molecule is O=C(O)c1cccc2ncn(CC3CCSCC3)c12. The van der Waals surface area contributed by atoms with Crippen molar-refractivity contribution in [3.63, 3.8) is 0 Å². The van der Waals surface area contributed by atoms with Crippen molar-refractivity contribution < 1.29 is 9.90 Å². The highest BCUT2D eigenvalue weighted by molar-refractivity contribution is 7.99. The van der Waals surface area contributed by atoms with Crippen LogP contribution in [-0.4, -0.2) is 32.1 Å². The van der Waals surface area contributed by atoms with Crippen LogP contribution < -0.4 is 0 Å². The standard InChI is InChI=1S/C14H16N2O2S/c17-14(18)11-2-1-3-12-13(11)16(9-15-12)8-10-4-6-19-7-5-10/h1-3,9-10H,4-8H2,(H,17,18). The van der Waals surface area contributed by atoms with Gasteiger partial charge in [-0.15, -0.1) is 0 Å². The van der Waals surface area contributed by atoms with Gasteiger partial charge in [-0.05, 0) is 42.4 Å². The topological polar surface area (TPSA) is 55.1 Å². The molecular formula is C14H16N2O2S. The third-order valence-electron chi connectivity index (χ3n) is 3.66. The number of imidazole rings is 1. The van der Waals surface area contributed by atoms with Gasteiger partial charge in [-0.25, -0.2) is 9.78 Å². The minimum Gasteiger partial charge on any atom is -0.478 e. The molecule has 1 aliphatic heterocycles. The summed E-state index contributed by atoms with van der Waals surface area (Å²) in [6, 6.07) is 5.27. The van der Waals surface area contributed by atoms with Crippen molar-refractivity contribution in [3.05, 3.63) is 30.1 Å². The first-order valence-corrected chi connectivity index (χ1v) is 7.66. The van der Waals surface area contributed by atoms with Crippen LogP contribution >= 0.6 is 11.8 Å². The molecule has 3 rings (SSSR count). The van der Waals surface area contributed by atoms with Crippen LogP contribution in [0.25, 0.3) is 11.0 Å². The third kappa shape index (κ3) is 2.47. The van der Waals surface area contributed by atoms with Crippen molar-refractivity contribution in [2.45, 2.75) is 19.4 Å². The zero-order chi connectivity index (χ0) is 13.2. The number of fused-ring (bicyclic) bond motifs is 1. The number of aromatic carboxylic acids is 1. The molecule has 2 heterocycles. The summed E-state index contributed by atoms with van der Waals surface area (Å²) >= 11 is 2.00. The number of hydrogen-bond donors (Lipinski definition) is 1. The summed E-state index contributed by atoms with van der Waals surface area (Å²) in [6.45, 7) is 0.876. The van der Waals surface area contributed by atoms with Crippen LogP contribution in [0, 0.1) is 5.92 Å². The van der Waals surface area contributed by atoms with E-state index in [2.05, 4.69) is 4.98 Å². The molecule has 0 radical (unpaired) electrons. The first-order chi connectivity index (χ1) is 9.25. The number of thioether (sulfide) groups is 1. The first kappa shape index (κ1) is 12.5. The number of hydrogen-bond acceptors (Lipinski definition) is 3. The molecule has 1 aliphatic rings. The molecule has 0 saturated carbocycles. The molecule has 19 heavy (non-hydrogen) atoms. The lowest BCUT2D eigenvalue weighted by Gasteiger charge is -2.22. The highest BCUT2D eigenvalue weighted by Crippen LogP contribution is 2.26. The highest BCUT2D eigenvalue weighted by atomic mass is 32.2. The van der Waals surface area contributed by atoms with Gasteiger partial charge in [0.15, 0.2) is 0 Å². The predicted octanol–water partition coefficient (Wildman–Crippen LogP) is 2.88. The number of carboxylic acid groups (broad SMARTS) is 1. The zero-order valence-corrected chi connectivity index (χ0v) is 11.4. The first-order valence-electron chi connectivity index (χ1n) is 6.50. The molecule has 5 heteroatoms. The maximum absolute atomic E-state index is 11.3. The molecule has 1 fully saturated rings. The molecule has 1 N–H and O–H groups in total. The van der Waals surface area contributed by atoms with E-state index in [1.165, 1.54) is 24.3 Å². The minimum absolute atomic E-state index is 0.347. The molecule has 0 aliphatic carbocycles. The molecule has 1 aromatic carbocycles. The lowest BCUT2D eigenvalue weighted by Crippen LogP contribution is -2.16. The molecule has 0 unspecified atom stereocenters. The average molecular weight is 276 g/mol. The molecule has 0 spiro atoms. The van der Waals surface area contributed by atoms with E-state index >= 15 is 0 Å². The van der Waals surface area contributed by atoms with E-state index in [4.69, 9.17) is 0 Å². The third-order valence-corrected chi connectivity index (χ3v) is 4.71. The van der Waals surface area contributed by atoms with Gasteiger partial charge in [-0.2, -0.15) is 11.8 Å². The van der Waals surface area contributed by atoms with Gasteiger partial charge in [0.2, 0.25) is 0 Å². The number of rotatable bonds is 3. The van der Waals surface area contributed by atoms with E-state index in [0.29, 0.717) is 11.5 Å². The summed E-state index contributed by atoms with van der Waals surface area (Å²) in [6.07, 6.45) is 4.19. The quantitative estimate of drug-likeness (QED) is 0.936. The minimum atomic E-state index is -0.883. The summed E-state index contributed by atoms with van der Waals surface area (Å²) in [5.41, 5.74) is 1.87. The summed E-state index contributed by atoms with van der Waals surface area (Å²) in [5, 5.41) is 9.29. The van der Waals surface area contributed by atoms with Gasteiger partial charge < -0.3 is 9.67 Å². The fourth-order valence-corrected chi connectivity index (χ4v) is 3.85. The van der Waals surface area contributed by atoms with Crippen LogP contribution in [0.4, 0.5) is 0 Å². The van der Waals surface area contributed by atoms with Crippen molar-refractivity contribution in [2.75, 3.05) is 11.5 Å². The Hall–Kier alpha value is -1.49. The van der Waals surface area contributed by atoms with Crippen molar-refractivity contribution in [2.24, 2.45) is 5.92 Å². The van der Waals surface area contributed by atoms with E-state index in [1.54, 1.807) is 18.5 Å². The fourth-order valence-electron chi connectivity index (χ4n) is 2.65. The Morgan fingerprint density at radius 2 is 2.21 bits per heavy atom. The Labute approximate surface area is 115 Å². The van der Waals surface area contributed by atoms with Gasteiger partial charge in [-0.3, -0.25) is 0 Å². The smallest absolute Gasteiger partial charge is 0.337 e. The normalized spacial score (nSPS) is 16.8. The summed E-state index contributed by atoms with van der Waals surface area (Å²) in [5.74, 6) is 2.18. The number of benzene rings is 1. The van der Waals surface area contributed by atoms with Crippen molar-refractivity contribution >= 4 is 28.8 Å². The molecular weight excluding hydrogens is 260 g/mol. The second-order valence-electron chi connectivity index (χ2n) is 4.93. The average Bonchev–Trinajstić information content (AvgIpc) is 2.83. The monoisotopic (exact) mass is 276 g/mol. The Kier molecular flexibility index (Phi) is 3.46. The largest absolute Gasteiger partial charge is 0.478 e. The number of carboxylic acids is 1. The molecule has 100 valence electrons. The molecule has 0 amide bonds. The zero-order valence-electron chi connectivity index (χ0n) is 10.6. The van der Waals surface area contributed by atoms with Crippen LogP contribution in [-0.2, 0) is 6.54 Å². The van der Waals surface area contributed by atoms with Crippen LogP contribution in [0.3, 0.4) is 0 Å². The second-order valence-corrected chi connectivity index (χ2v) is 6.16. The number of carbonyl (C=O) groups is 1. The van der Waals surface area contributed by atoms with E-state index in [-0.39, 0.29) is 0 Å². The van der Waals surface area contributed by atoms with E-state index in [1.807, 2.05) is 22.4 Å². The summed E-state index contributed by atoms with van der Waals surface area (Å²) < 4.78 is 2.01. The van der Waals surface area contributed by atoms with E-state index in [0.717, 1.165) is 17.6 Å². The van der Waals surface area contributed by atoms with Crippen LogP contribution in [0.2, 0.25) is 0 Å². The maximum Gasteiger partial charge on any atom is 0.337 e. The molecule has 0 atom stereocenters. The van der Waals surface area contributed by atoms with E-state index in [9.17, 15) is 9.90 Å². The lowest BCUT2D eigenvalue weighted by molar-refractivity contribution is 0.0698. The Morgan fingerprint density at radius 1 is 1.42 bits per heavy atom. The molecule has 1 aromatic heterocycles. The highest BCUT2D eigenvalue weighted by Gasteiger charge is 2.18. The van der Waals surface area contributed by atoms with Gasteiger partial charge in [0.1, 0.15) is 0 Å². The fraction of sp³-hybridized carbons (Fsp3) is 0.429. The Bertz CT molecular complexity index is 603. The van der Waals surface area contributed by atoms with Crippen molar-refractivity contribution in [1.82, 2.24) is 9.55 Å². The van der Waals surface area contributed by atoms with Crippen molar-refractivity contribution in [3.8, 4) is 0 Å². The van der Waals surface area contributed by atoms with Gasteiger partial charge in [-0.1, -0.05) is 6.07 Å². The summed E-state index contributed by atoms with van der Waals surface area (Å²) in [7, 11) is 0. The van der Waals surface area contributed by atoms with Crippen molar-refractivity contribution in [1.29, 1.82) is 0 Å². The van der Waals surface area contributed by atoms with Crippen LogP contribution in [0.5, 0.6) is 0 Å². The predicted molar refractivity (Wildman–Crippen MR) is 76.7 cm³/mol. The lowest BCUT2D eigenvalue weighted by atomic mass is 10.0. The summed E-state index contributed by atoms with van der Waals surface area (Å²) in [4.78, 5) is 15.6. The Morgan fingerprint density at radius 3 is 2.95 bits per heavy atom. The Balaban J connectivity index is 1.96. The number of aromatic nitrogens is 2. The molecule has 0 bridgehead atoms. The van der Waals surface area contributed by atoms with Gasteiger partial charge in [0.25, 0.3) is 0 Å². The van der Waals surface area contributed by atoms with Gasteiger partial charge >= 0.3 is 5.97 Å². The van der Waals surface area contributed by atoms with Gasteiger partial charge in [0.05, 0.1) is 22.9 Å². The van der Waals surface area contributed by atoms with Gasteiger partial charge in [0, 0.05) is 6.54 Å². The molecule has 1 saturated heterocycles. The molecule has 2 aromatic rings. The number of para-hydroxylation sites is 1. The second kappa shape index (κ2) is 5.25. The maximum atomic E-state index is 11.3. The number of nitrogens with zero attached hydrogens (tertiary/aromatic N) is 2. The van der Waals surface area contributed by atoms with Crippen LogP contribution in [0.15, 0.2) is 24.5 Å². The van der Waals surface area contributed by atoms with E-state index < -0.39 is 5.97 Å². The molecule has 4 nitrogen and oxygen atoms in total. The van der Waals surface area contributed by atoms with Crippen LogP contribution in [0.1, 0.15) is 23.2 Å².